The molecule has 1 aromatic heterocycles. The van der Waals surface area contributed by atoms with Gasteiger partial charge in [0.15, 0.2) is 9.84 Å². The van der Waals surface area contributed by atoms with E-state index in [1.165, 1.54) is 9.75 Å². The van der Waals surface area contributed by atoms with Crippen molar-refractivity contribution in [2.45, 2.75) is 51.6 Å². The van der Waals surface area contributed by atoms with Gasteiger partial charge in [-0.3, -0.25) is 0 Å². The Balaban J connectivity index is 1.91. The summed E-state index contributed by atoms with van der Waals surface area (Å²) in [6.07, 6.45) is 1.76. The molecule has 0 radical (unpaired) electrons. The van der Waals surface area contributed by atoms with Crippen molar-refractivity contribution < 1.29 is 8.42 Å². The molecule has 1 unspecified atom stereocenters. The number of hydrogen-bond acceptors (Lipinski definition) is 4. The van der Waals surface area contributed by atoms with Crippen LogP contribution in [0, 0.1) is 0 Å². The highest BCUT2D eigenvalue weighted by Gasteiger charge is 2.24. The zero-order chi connectivity index (χ0) is 14.1. The SMILES string of the molecule is CC(C)(C)c1ccc(CNC2CCCS(=O)(=O)C2)s1. The minimum atomic E-state index is -2.81. The Morgan fingerprint density at radius 2 is 2.11 bits per heavy atom. The van der Waals surface area contributed by atoms with E-state index in [2.05, 4.69) is 38.2 Å². The molecule has 2 heterocycles. The maximum absolute atomic E-state index is 11.6. The van der Waals surface area contributed by atoms with Crippen LogP contribution < -0.4 is 5.32 Å². The van der Waals surface area contributed by atoms with Crippen LogP contribution in [0.2, 0.25) is 0 Å². The van der Waals surface area contributed by atoms with E-state index in [9.17, 15) is 8.42 Å². The highest BCUT2D eigenvalue weighted by Crippen LogP contribution is 2.29. The quantitative estimate of drug-likeness (QED) is 0.933. The summed E-state index contributed by atoms with van der Waals surface area (Å²) < 4.78 is 23.1. The van der Waals surface area contributed by atoms with Gasteiger partial charge in [0.05, 0.1) is 11.5 Å². The molecule has 5 heteroatoms. The highest BCUT2D eigenvalue weighted by atomic mass is 32.2. The van der Waals surface area contributed by atoms with Gasteiger partial charge in [0.25, 0.3) is 0 Å². The summed E-state index contributed by atoms with van der Waals surface area (Å²) >= 11 is 1.82. The first-order valence-electron chi connectivity index (χ1n) is 6.79. The van der Waals surface area contributed by atoms with E-state index in [1.807, 2.05) is 11.3 Å². The Morgan fingerprint density at radius 3 is 2.68 bits per heavy atom. The second-order valence-corrected chi connectivity index (χ2v) is 9.75. The van der Waals surface area contributed by atoms with Crippen molar-refractivity contribution in [3.63, 3.8) is 0 Å². The number of hydrogen-bond donors (Lipinski definition) is 1. The molecular formula is C14H23NO2S2. The van der Waals surface area contributed by atoms with Crippen LogP contribution in [0.1, 0.15) is 43.4 Å². The van der Waals surface area contributed by atoms with Gasteiger partial charge in [0.2, 0.25) is 0 Å². The van der Waals surface area contributed by atoms with Gasteiger partial charge in [-0.05, 0) is 30.4 Å². The second kappa shape index (κ2) is 5.54. The number of sulfone groups is 1. The Bertz CT molecular complexity index is 526. The van der Waals surface area contributed by atoms with Gasteiger partial charge in [-0.1, -0.05) is 20.8 Å². The molecule has 1 aliphatic heterocycles. The molecule has 0 spiro atoms. The summed E-state index contributed by atoms with van der Waals surface area (Å²) in [4.78, 5) is 2.66. The first-order chi connectivity index (χ1) is 8.76. The third kappa shape index (κ3) is 4.29. The van der Waals surface area contributed by atoms with Crippen LogP contribution >= 0.6 is 11.3 Å². The summed E-state index contributed by atoms with van der Waals surface area (Å²) in [7, 11) is -2.81. The number of rotatable bonds is 3. The highest BCUT2D eigenvalue weighted by molar-refractivity contribution is 7.91. The van der Waals surface area contributed by atoms with Crippen LogP contribution in [0.4, 0.5) is 0 Å². The molecule has 2 rings (SSSR count). The van der Waals surface area contributed by atoms with Crippen molar-refractivity contribution in [1.82, 2.24) is 5.32 Å². The maximum atomic E-state index is 11.6. The monoisotopic (exact) mass is 301 g/mol. The molecule has 0 amide bonds. The Kier molecular flexibility index (Phi) is 4.38. The predicted molar refractivity (Wildman–Crippen MR) is 81.5 cm³/mol. The van der Waals surface area contributed by atoms with Crippen molar-refractivity contribution >= 4 is 21.2 Å². The summed E-state index contributed by atoms with van der Waals surface area (Å²) in [6.45, 7) is 7.41. The van der Waals surface area contributed by atoms with Crippen LogP contribution in [0.25, 0.3) is 0 Å². The summed E-state index contributed by atoms with van der Waals surface area (Å²) in [6, 6.07) is 4.45. The zero-order valence-corrected chi connectivity index (χ0v) is 13.5. The van der Waals surface area contributed by atoms with E-state index < -0.39 is 9.84 Å². The molecule has 0 saturated carbocycles. The van der Waals surface area contributed by atoms with Gasteiger partial charge in [-0.15, -0.1) is 11.3 Å². The lowest BCUT2D eigenvalue weighted by atomic mass is 9.95. The standard InChI is InChI=1S/C14H23NO2S2/c1-14(2,3)13-7-6-12(18-13)9-15-11-5-4-8-19(16,17)10-11/h6-7,11,15H,4-5,8-10H2,1-3H3. The third-order valence-corrected chi connectivity index (χ3v) is 6.76. The van der Waals surface area contributed by atoms with E-state index in [1.54, 1.807) is 0 Å². The smallest absolute Gasteiger partial charge is 0.151 e. The van der Waals surface area contributed by atoms with Crippen molar-refractivity contribution in [3.8, 4) is 0 Å². The summed E-state index contributed by atoms with van der Waals surface area (Å²) in [5.41, 5.74) is 0.192. The van der Waals surface area contributed by atoms with Gasteiger partial charge in [-0.2, -0.15) is 0 Å². The van der Waals surface area contributed by atoms with Gasteiger partial charge in [-0.25, -0.2) is 8.42 Å². The average molecular weight is 301 g/mol. The van der Waals surface area contributed by atoms with Crippen LogP contribution in [-0.2, 0) is 21.8 Å². The minimum Gasteiger partial charge on any atom is -0.308 e. The molecule has 1 saturated heterocycles. The molecule has 0 aromatic carbocycles. The molecule has 1 atom stereocenters. The summed E-state index contributed by atoms with van der Waals surface area (Å²) in [5, 5.41) is 3.39. The van der Waals surface area contributed by atoms with E-state index in [0.717, 1.165) is 19.4 Å². The molecule has 3 nitrogen and oxygen atoms in total. The molecule has 1 N–H and O–H groups in total. The lowest BCUT2D eigenvalue weighted by Crippen LogP contribution is -2.39. The molecular weight excluding hydrogens is 278 g/mol. The van der Waals surface area contributed by atoms with Gasteiger partial charge in [0.1, 0.15) is 0 Å². The van der Waals surface area contributed by atoms with E-state index in [-0.39, 0.29) is 11.5 Å². The van der Waals surface area contributed by atoms with E-state index >= 15 is 0 Å². The van der Waals surface area contributed by atoms with Crippen LogP contribution in [-0.4, -0.2) is 26.0 Å². The van der Waals surface area contributed by atoms with Crippen LogP contribution in [0.15, 0.2) is 12.1 Å². The lowest BCUT2D eigenvalue weighted by molar-refractivity contribution is 0.482. The fraction of sp³-hybridized carbons (Fsp3) is 0.714. The molecule has 1 fully saturated rings. The lowest BCUT2D eigenvalue weighted by Gasteiger charge is -2.22. The van der Waals surface area contributed by atoms with Crippen molar-refractivity contribution in [2.75, 3.05) is 11.5 Å². The fourth-order valence-electron chi connectivity index (χ4n) is 2.30. The molecule has 0 bridgehead atoms. The first-order valence-corrected chi connectivity index (χ1v) is 9.43. The predicted octanol–water partition coefficient (Wildman–Crippen LogP) is 2.71. The molecule has 19 heavy (non-hydrogen) atoms. The van der Waals surface area contributed by atoms with Gasteiger partial charge >= 0.3 is 0 Å². The van der Waals surface area contributed by atoms with Gasteiger partial charge < -0.3 is 5.32 Å². The largest absolute Gasteiger partial charge is 0.308 e. The Hall–Kier alpha value is -0.390. The van der Waals surface area contributed by atoms with Crippen LogP contribution in [0.5, 0.6) is 0 Å². The zero-order valence-electron chi connectivity index (χ0n) is 11.9. The fourth-order valence-corrected chi connectivity index (χ4v) is 4.99. The van der Waals surface area contributed by atoms with Gasteiger partial charge in [0, 0.05) is 22.3 Å². The number of nitrogens with one attached hydrogen (secondary N) is 1. The molecule has 1 aromatic rings. The van der Waals surface area contributed by atoms with Crippen LogP contribution in [0.3, 0.4) is 0 Å². The third-order valence-electron chi connectivity index (χ3n) is 3.43. The Labute approximate surface area is 120 Å². The Morgan fingerprint density at radius 1 is 1.37 bits per heavy atom. The topological polar surface area (TPSA) is 46.2 Å². The second-order valence-electron chi connectivity index (χ2n) is 6.35. The maximum Gasteiger partial charge on any atom is 0.151 e. The average Bonchev–Trinajstić information content (AvgIpc) is 2.73. The van der Waals surface area contributed by atoms with E-state index in [4.69, 9.17) is 0 Å². The van der Waals surface area contributed by atoms with E-state index in [0.29, 0.717) is 11.5 Å². The molecule has 0 aliphatic carbocycles. The minimum absolute atomic E-state index is 0.124. The molecule has 1 aliphatic rings. The number of thiophene rings is 1. The molecule has 108 valence electrons. The summed E-state index contributed by atoms with van der Waals surface area (Å²) in [5.74, 6) is 0.656. The van der Waals surface area contributed by atoms with Crippen molar-refractivity contribution in [1.29, 1.82) is 0 Å². The normalized spacial score (nSPS) is 23.4. The first kappa shape index (κ1) is 15.0. The van der Waals surface area contributed by atoms with Crippen molar-refractivity contribution in [3.05, 3.63) is 21.9 Å². The van der Waals surface area contributed by atoms with Crippen molar-refractivity contribution in [2.24, 2.45) is 0 Å².